The highest BCUT2D eigenvalue weighted by Crippen LogP contribution is 2.40. The quantitative estimate of drug-likeness (QED) is 0.809. The summed E-state index contributed by atoms with van der Waals surface area (Å²) in [7, 11) is -3.64. The Labute approximate surface area is 95.2 Å². The van der Waals surface area contributed by atoms with Crippen LogP contribution in [-0.4, -0.2) is 14.1 Å². The predicted molar refractivity (Wildman–Crippen MR) is 63.6 cm³/mol. The van der Waals surface area contributed by atoms with Crippen molar-refractivity contribution in [3.05, 3.63) is 23.8 Å². The molecule has 1 aromatic carbocycles. The van der Waals surface area contributed by atoms with Crippen LogP contribution < -0.4 is 5.14 Å². The zero-order valence-corrected chi connectivity index (χ0v) is 10.3. The van der Waals surface area contributed by atoms with Crippen LogP contribution in [0.2, 0.25) is 0 Å². The van der Waals surface area contributed by atoms with Crippen LogP contribution in [0.3, 0.4) is 0 Å². The minimum Gasteiger partial charge on any atom is -0.257 e. The van der Waals surface area contributed by atoms with Gasteiger partial charge < -0.3 is 0 Å². The fourth-order valence-electron chi connectivity index (χ4n) is 1.81. The van der Waals surface area contributed by atoms with E-state index in [-0.39, 0.29) is 10.3 Å². The summed E-state index contributed by atoms with van der Waals surface area (Å²) in [5.74, 6) is 0. The van der Waals surface area contributed by atoms with Gasteiger partial charge in [-0.25, -0.2) is 13.6 Å². The summed E-state index contributed by atoms with van der Waals surface area (Å²) in [6, 6.07) is 4.81. The first-order valence-corrected chi connectivity index (χ1v) is 6.50. The molecule has 0 aromatic heterocycles. The number of nitrogens with two attached hydrogens (primary N) is 1. The Balaban J connectivity index is 2.66. The molecule has 0 atom stereocenters. The van der Waals surface area contributed by atoms with Gasteiger partial charge in [-0.05, 0) is 30.7 Å². The Bertz CT molecular complexity index is 586. The fourth-order valence-corrected chi connectivity index (χ4v) is 2.35. The third-order valence-corrected chi connectivity index (χ3v) is 4.07. The van der Waals surface area contributed by atoms with Crippen molar-refractivity contribution in [2.75, 3.05) is 0 Å². The van der Waals surface area contributed by atoms with Gasteiger partial charge in [-0.2, -0.15) is 0 Å². The first-order chi connectivity index (χ1) is 7.23. The molecular formula is C11H14N2O2S. The van der Waals surface area contributed by atoms with Gasteiger partial charge in [0.25, 0.3) is 0 Å². The van der Waals surface area contributed by atoms with E-state index < -0.39 is 10.0 Å². The zero-order chi connectivity index (χ0) is 12.1. The summed E-state index contributed by atoms with van der Waals surface area (Å²) < 4.78 is 22.5. The fraction of sp³-hybridized carbons (Fsp3) is 0.364. The number of nitrogens with zero attached hydrogens (tertiary/aromatic N) is 1. The van der Waals surface area contributed by atoms with Gasteiger partial charge in [-0.15, -0.1) is 0 Å². The van der Waals surface area contributed by atoms with E-state index >= 15 is 0 Å². The second kappa shape index (κ2) is 3.15. The van der Waals surface area contributed by atoms with E-state index in [0.29, 0.717) is 0 Å². The van der Waals surface area contributed by atoms with E-state index in [1.165, 1.54) is 6.07 Å². The normalized spacial score (nSPS) is 18.1. The van der Waals surface area contributed by atoms with Crippen molar-refractivity contribution in [2.45, 2.75) is 31.1 Å². The van der Waals surface area contributed by atoms with Gasteiger partial charge in [0.15, 0.2) is 0 Å². The number of primary sulfonamides is 1. The highest BCUT2D eigenvalue weighted by Gasteiger charge is 2.32. The highest BCUT2D eigenvalue weighted by atomic mass is 32.2. The van der Waals surface area contributed by atoms with Crippen LogP contribution in [0.5, 0.6) is 0 Å². The molecule has 0 saturated heterocycles. The molecule has 0 aliphatic carbocycles. The van der Waals surface area contributed by atoms with Gasteiger partial charge in [0.1, 0.15) is 0 Å². The average molecular weight is 238 g/mol. The van der Waals surface area contributed by atoms with Gasteiger partial charge in [-0.3, -0.25) is 4.99 Å². The largest absolute Gasteiger partial charge is 0.257 e. The second-order valence-corrected chi connectivity index (χ2v) is 6.11. The standard InChI is InChI=1S/C11H14N2O2S/c1-7-11(2,3)9-6-8(16(12,14)15)4-5-10(9)13-7/h4-6H,1-3H3,(H2,12,14,15). The van der Waals surface area contributed by atoms with Gasteiger partial charge >= 0.3 is 0 Å². The maximum Gasteiger partial charge on any atom is 0.238 e. The van der Waals surface area contributed by atoms with E-state index in [1.807, 2.05) is 20.8 Å². The van der Waals surface area contributed by atoms with Gasteiger partial charge in [0, 0.05) is 11.1 Å². The Morgan fingerprint density at radius 1 is 1.31 bits per heavy atom. The van der Waals surface area contributed by atoms with Crippen LogP contribution in [-0.2, 0) is 15.4 Å². The number of aliphatic imine (C=N–C) groups is 1. The zero-order valence-electron chi connectivity index (χ0n) is 9.48. The molecule has 0 radical (unpaired) electrons. The van der Waals surface area contributed by atoms with Crippen LogP contribution >= 0.6 is 0 Å². The molecule has 5 heteroatoms. The monoisotopic (exact) mass is 238 g/mol. The number of rotatable bonds is 1. The molecule has 0 unspecified atom stereocenters. The summed E-state index contributed by atoms with van der Waals surface area (Å²) in [6.07, 6.45) is 0. The molecule has 0 bridgehead atoms. The molecule has 0 fully saturated rings. The van der Waals surface area contributed by atoms with Gasteiger partial charge in [-0.1, -0.05) is 13.8 Å². The van der Waals surface area contributed by atoms with Crippen molar-refractivity contribution in [1.82, 2.24) is 0 Å². The number of fused-ring (bicyclic) bond motifs is 1. The minimum absolute atomic E-state index is 0.143. The maximum absolute atomic E-state index is 11.3. The third-order valence-electron chi connectivity index (χ3n) is 3.16. The van der Waals surface area contributed by atoms with Crippen molar-refractivity contribution in [1.29, 1.82) is 0 Å². The molecule has 0 amide bonds. The molecule has 1 heterocycles. The van der Waals surface area contributed by atoms with E-state index in [4.69, 9.17) is 5.14 Å². The number of benzene rings is 1. The molecule has 1 aliphatic heterocycles. The van der Waals surface area contributed by atoms with E-state index in [1.54, 1.807) is 12.1 Å². The first kappa shape index (κ1) is 11.3. The van der Waals surface area contributed by atoms with Crippen LogP contribution in [0, 0.1) is 0 Å². The van der Waals surface area contributed by atoms with E-state index in [0.717, 1.165) is 17.0 Å². The van der Waals surface area contributed by atoms with Crippen molar-refractivity contribution in [3.8, 4) is 0 Å². The van der Waals surface area contributed by atoms with Crippen molar-refractivity contribution < 1.29 is 8.42 Å². The molecule has 86 valence electrons. The van der Waals surface area contributed by atoms with Crippen LogP contribution in [0.4, 0.5) is 5.69 Å². The van der Waals surface area contributed by atoms with E-state index in [9.17, 15) is 8.42 Å². The lowest BCUT2D eigenvalue weighted by atomic mass is 9.82. The Morgan fingerprint density at radius 3 is 2.50 bits per heavy atom. The molecule has 1 aliphatic rings. The Morgan fingerprint density at radius 2 is 1.94 bits per heavy atom. The number of sulfonamides is 1. The molecule has 2 N–H and O–H groups in total. The van der Waals surface area contributed by atoms with Crippen molar-refractivity contribution in [2.24, 2.45) is 10.1 Å². The lowest BCUT2D eigenvalue weighted by molar-refractivity contribution is 0.597. The first-order valence-electron chi connectivity index (χ1n) is 4.96. The predicted octanol–water partition coefficient (Wildman–Crippen LogP) is 1.72. The Kier molecular flexibility index (Phi) is 2.22. The lowest BCUT2D eigenvalue weighted by Crippen LogP contribution is -2.23. The number of hydrogen-bond acceptors (Lipinski definition) is 3. The number of hydrogen-bond donors (Lipinski definition) is 1. The van der Waals surface area contributed by atoms with Crippen LogP contribution in [0.25, 0.3) is 0 Å². The average Bonchev–Trinajstić information content (AvgIpc) is 2.37. The summed E-state index contributed by atoms with van der Waals surface area (Å²) in [5.41, 5.74) is 2.50. The topological polar surface area (TPSA) is 72.5 Å². The smallest absolute Gasteiger partial charge is 0.238 e. The van der Waals surface area contributed by atoms with Crippen LogP contribution in [0.1, 0.15) is 26.3 Å². The molecular weight excluding hydrogens is 224 g/mol. The van der Waals surface area contributed by atoms with Crippen molar-refractivity contribution >= 4 is 21.4 Å². The SMILES string of the molecule is CC1=Nc2ccc(S(N)(=O)=O)cc2C1(C)C. The Hall–Kier alpha value is -1.20. The summed E-state index contributed by atoms with van der Waals surface area (Å²) >= 11 is 0. The minimum atomic E-state index is -3.64. The van der Waals surface area contributed by atoms with Crippen molar-refractivity contribution in [3.63, 3.8) is 0 Å². The molecule has 0 saturated carbocycles. The summed E-state index contributed by atoms with van der Waals surface area (Å²) in [6.45, 7) is 5.98. The highest BCUT2D eigenvalue weighted by molar-refractivity contribution is 7.89. The lowest BCUT2D eigenvalue weighted by Gasteiger charge is -2.20. The van der Waals surface area contributed by atoms with E-state index in [2.05, 4.69) is 4.99 Å². The molecule has 2 rings (SSSR count). The van der Waals surface area contributed by atoms with Gasteiger partial charge in [0.2, 0.25) is 10.0 Å². The summed E-state index contributed by atoms with van der Waals surface area (Å²) in [5, 5.41) is 5.11. The van der Waals surface area contributed by atoms with Gasteiger partial charge in [0.05, 0.1) is 10.6 Å². The molecule has 0 spiro atoms. The van der Waals surface area contributed by atoms with Crippen LogP contribution in [0.15, 0.2) is 28.1 Å². The maximum atomic E-state index is 11.3. The molecule has 16 heavy (non-hydrogen) atoms. The third kappa shape index (κ3) is 1.56. The molecule has 1 aromatic rings. The molecule has 4 nitrogen and oxygen atoms in total. The second-order valence-electron chi connectivity index (χ2n) is 4.55. The summed E-state index contributed by atoms with van der Waals surface area (Å²) in [4.78, 5) is 4.55.